The third-order valence-corrected chi connectivity index (χ3v) is 25.0. The van der Waals surface area contributed by atoms with Crippen LogP contribution in [0.5, 0.6) is 0 Å². The number of anilines is 4. The Morgan fingerprint density at radius 1 is 0.496 bits per heavy atom. The van der Waals surface area contributed by atoms with Gasteiger partial charge in [0.2, 0.25) is 5.95 Å². The van der Waals surface area contributed by atoms with Gasteiger partial charge in [-0.2, -0.15) is 9.97 Å². The molecule has 8 aromatic heterocycles. The summed E-state index contributed by atoms with van der Waals surface area (Å²) in [7, 11) is -6.11. The molecular formula is C64H91N19O32P4S2. The van der Waals surface area contributed by atoms with Crippen molar-refractivity contribution in [3.8, 4) is 0 Å². The van der Waals surface area contributed by atoms with E-state index in [9.17, 15) is 43.9 Å². The van der Waals surface area contributed by atoms with E-state index in [0.29, 0.717) is 23.1 Å². The number of nitrogens with zero attached hydrogens (tertiary/aromatic N) is 13. The van der Waals surface area contributed by atoms with E-state index in [-0.39, 0.29) is 110 Å². The molecule has 23 atom stereocenters. The van der Waals surface area contributed by atoms with Gasteiger partial charge in [0.15, 0.2) is 53.2 Å². The van der Waals surface area contributed by atoms with Crippen molar-refractivity contribution in [2.75, 3.05) is 131 Å². The maximum atomic E-state index is 15.1. The van der Waals surface area contributed by atoms with Crippen molar-refractivity contribution in [1.82, 2.24) is 72.7 Å². The van der Waals surface area contributed by atoms with Crippen molar-refractivity contribution in [2.24, 2.45) is 0 Å². The molecule has 0 bridgehead atoms. The average molecular weight is 1830 g/mol. The van der Waals surface area contributed by atoms with Gasteiger partial charge in [0.05, 0.1) is 116 Å². The molecule has 666 valence electrons. The van der Waals surface area contributed by atoms with E-state index in [1.165, 1.54) is 88.9 Å². The molecule has 5 fully saturated rings. The first-order chi connectivity index (χ1) is 57.7. The minimum Gasteiger partial charge on any atom is -0.397 e. The molecule has 0 aliphatic carbocycles. The van der Waals surface area contributed by atoms with Gasteiger partial charge < -0.3 is 123 Å². The van der Waals surface area contributed by atoms with E-state index in [2.05, 4.69) is 49.8 Å². The molecule has 121 heavy (non-hydrogen) atoms. The van der Waals surface area contributed by atoms with E-state index in [1.54, 1.807) is 11.5 Å². The van der Waals surface area contributed by atoms with Gasteiger partial charge in [-0.15, -0.1) is 0 Å². The molecular weight excluding hydrogens is 1730 g/mol. The van der Waals surface area contributed by atoms with Crippen molar-refractivity contribution in [1.29, 1.82) is 0 Å². The lowest BCUT2D eigenvalue weighted by molar-refractivity contribution is -0.0850. The summed E-state index contributed by atoms with van der Waals surface area (Å²) in [5.41, 5.74) is 22.0. The second-order valence-electron chi connectivity index (χ2n) is 27.8. The zero-order chi connectivity index (χ0) is 86.6. The van der Waals surface area contributed by atoms with Crippen molar-refractivity contribution < 1.29 is 132 Å². The van der Waals surface area contributed by atoms with Gasteiger partial charge in [0, 0.05) is 64.6 Å². The number of methoxy groups -OCH3 is 4. The number of phosphoric acid groups is 2. The van der Waals surface area contributed by atoms with Crippen molar-refractivity contribution >= 4 is 109 Å². The fourth-order valence-corrected chi connectivity index (χ4v) is 18.9. The lowest BCUT2D eigenvalue weighted by Crippen LogP contribution is -2.42. The highest BCUT2D eigenvalue weighted by Crippen LogP contribution is 2.56. The predicted molar refractivity (Wildman–Crippen MR) is 421 cm³/mol. The number of pyridine rings is 1. The number of ether oxygens (including phenoxy) is 13. The zero-order valence-corrected chi connectivity index (χ0v) is 70.7. The largest absolute Gasteiger partial charge is 0.472 e. The Labute approximate surface area is 694 Å². The SMILES string of the molecule is CC[C@H]1O[C@@H](n2cnc3c(N)ncnc32)C[C@H]1OP(O)(=S)OC[C@H]1O[C@@H](n2cnc3c(=O)[nH]c(N)nc32)C(OCCOC)[C@H]1OP(=O)(O)OC[C@H]1O[C@@H](n2cc(C)c(N)nc2=O)C(OCCOC)[C@H]1OP(=O)(O)OC[C@H]1O[C@@H](n2cc(C)c(=O)[nH]c2=O)C(OCCOC)[C@H]1OP(O)(=S)OC[C@H]1O[C@@H](n2cnc3c(N)ccnc32)C(OCCOC)[C@H]1O. The highest BCUT2D eigenvalue weighted by Gasteiger charge is 2.57. The Balaban J connectivity index is 0.784. The van der Waals surface area contributed by atoms with E-state index in [0.717, 1.165) is 21.7 Å². The number of imidazole rings is 3. The Kier molecular flexibility index (Phi) is 29.8. The third-order valence-electron chi connectivity index (χ3n) is 19.8. The maximum Gasteiger partial charge on any atom is 0.472 e. The molecule has 0 radical (unpaired) electrons. The Hall–Kier alpha value is -7.00. The number of aliphatic hydroxyl groups excluding tert-OH is 1. The van der Waals surface area contributed by atoms with E-state index < -0.39 is 195 Å². The molecule has 51 nitrogen and oxygen atoms in total. The minimum absolute atomic E-state index is 0.0141. The van der Waals surface area contributed by atoms with Crippen molar-refractivity contribution in [3.63, 3.8) is 0 Å². The van der Waals surface area contributed by atoms with Crippen LogP contribution < -0.4 is 45.4 Å². The van der Waals surface area contributed by atoms with Gasteiger partial charge in [-0.3, -0.25) is 65.0 Å². The smallest absolute Gasteiger partial charge is 0.397 e. The van der Waals surface area contributed by atoms with Crippen LogP contribution in [0.2, 0.25) is 0 Å². The molecule has 57 heteroatoms. The Morgan fingerprint density at radius 3 is 1.56 bits per heavy atom. The molecule has 0 saturated carbocycles. The Bertz CT molecular complexity index is 5400. The van der Waals surface area contributed by atoms with Gasteiger partial charge in [-0.05, 0) is 49.9 Å². The van der Waals surface area contributed by atoms with Crippen LogP contribution in [-0.2, 0) is 131 Å². The van der Waals surface area contributed by atoms with Crippen LogP contribution in [0.3, 0.4) is 0 Å². The molecule has 15 N–H and O–H groups in total. The number of phosphoric ester groups is 2. The first-order valence-electron chi connectivity index (χ1n) is 37.1. The number of rotatable bonds is 42. The minimum atomic E-state index is -5.82. The standard InChI is InChI=1S/C64H91N19O32P4S2/c1-8-33-34(19-39(107-33)81-27-73-41-52(67)70-26-71-54(41)81)112-118(93,120)106-25-38-45(49(101-17-13-97-6)61(111-38)83-29-74-42-55(83)76-62(68)77-57(42)86)114-116(89,90)103-23-36-44(48(100-16-12-96-5)59(109-36)79-20-30(2)51(66)75-63(79)87)113-117(91,92)104-24-37-46(50(102-18-14-98-7)60(110-37)80-21-31(3)56(85)78-64(80)88)115-119(94,121)105-22-35-43(84)47(99-15-11-95-4)58(108-35)82-28-72-40-32(65)9-10-69-53(40)82/h9-10,20-21,26-29,33-39,43-50,58-61,84H,8,11-19,22-25H2,1-7H3,(H2,65,69)(H,89,90)(H,91,92)(H,93,120)(H,94,121)(H2,66,75,87)(H2,67,70,71)(H,78,85,88)(H3,68,76,77,86)/t33-,34-,35-,36-,37-,38-,39-,43+,44+,45+,46+,47?,48?,49?,50?,58-,59-,60-,61-,118?,119?/m1/s1. The highest BCUT2D eigenvalue weighted by atomic mass is 32.5. The molecule has 13 rings (SSSR count). The summed E-state index contributed by atoms with van der Waals surface area (Å²) < 4.78 is 162. The summed E-state index contributed by atoms with van der Waals surface area (Å²) in [6.07, 6.45) is -19.2. The number of aromatic amines is 2. The van der Waals surface area contributed by atoms with Gasteiger partial charge in [-0.1, -0.05) is 6.92 Å². The highest BCUT2D eigenvalue weighted by molar-refractivity contribution is 8.07. The lowest BCUT2D eigenvalue weighted by Gasteiger charge is -2.29. The van der Waals surface area contributed by atoms with Crippen LogP contribution in [0.15, 0.2) is 69.1 Å². The molecule has 5 aliphatic heterocycles. The van der Waals surface area contributed by atoms with Gasteiger partial charge >= 0.3 is 40.5 Å². The quantitative estimate of drug-likeness (QED) is 0.0164. The number of fused-ring (bicyclic) bond motifs is 3. The first-order valence-corrected chi connectivity index (χ1v) is 45.3. The molecule has 8 aromatic rings. The topological polar surface area (TPSA) is 661 Å². The predicted octanol–water partition coefficient (Wildman–Crippen LogP) is -0.827. The fraction of sp³-hybridized carbons (Fsp3) is 0.625. The average Bonchev–Trinajstić information content (AvgIpc) is 1.67. The third kappa shape index (κ3) is 20.9. The molecule has 13 heterocycles. The maximum absolute atomic E-state index is 15.1. The Morgan fingerprint density at radius 2 is 0.975 bits per heavy atom. The van der Waals surface area contributed by atoms with Gasteiger partial charge in [0.1, 0.15) is 103 Å². The van der Waals surface area contributed by atoms with E-state index in [4.69, 9.17) is 144 Å². The number of nitrogens with one attached hydrogen (secondary N) is 2. The number of hydrogen-bond donors (Lipinski definition) is 11. The molecule has 0 spiro atoms. The number of H-pyrrole nitrogens is 2. The number of nitrogen functional groups attached to an aromatic ring is 4. The normalized spacial score (nSPS) is 29.0. The van der Waals surface area contributed by atoms with Gasteiger partial charge in [0.25, 0.3) is 11.1 Å². The van der Waals surface area contributed by atoms with E-state index >= 15 is 9.13 Å². The summed E-state index contributed by atoms with van der Waals surface area (Å²) in [5.74, 6) is -0.440. The second-order valence-corrected chi connectivity index (χ2v) is 36.2. The summed E-state index contributed by atoms with van der Waals surface area (Å²) in [6.45, 7) is -9.70. The van der Waals surface area contributed by atoms with Crippen molar-refractivity contribution in [3.05, 3.63) is 103 Å². The zero-order valence-electron chi connectivity index (χ0n) is 65.5. The summed E-state index contributed by atoms with van der Waals surface area (Å²) >= 11 is 11.3. The van der Waals surface area contributed by atoms with Crippen LogP contribution in [0, 0.1) is 13.8 Å². The summed E-state index contributed by atoms with van der Waals surface area (Å²) in [5, 5.41) is 11.8. The van der Waals surface area contributed by atoms with Gasteiger partial charge in [-0.25, -0.2) is 48.6 Å². The monoisotopic (exact) mass is 1830 g/mol. The summed E-state index contributed by atoms with van der Waals surface area (Å²) in [4.78, 5) is 141. The number of hydrogen-bond acceptors (Lipinski definition) is 42. The summed E-state index contributed by atoms with van der Waals surface area (Å²) in [6, 6.07) is 1.54. The number of aryl methyl sites for hydroxylation is 2. The molecule has 0 aromatic carbocycles. The molecule has 8 unspecified atom stereocenters. The second kappa shape index (κ2) is 39.3. The van der Waals surface area contributed by atoms with Crippen molar-refractivity contribution in [2.45, 2.75) is 150 Å². The lowest BCUT2D eigenvalue weighted by atomic mass is 10.1. The number of aromatic nitrogens is 15. The fourth-order valence-electron chi connectivity index (χ4n) is 14.1. The first kappa shape index (κ1) is 91.7. The molecule has 5 aliphatic rings. The number of nitrogens with two attached hydrogens (primary N) is 4. The molecule has 0 amide bonds. The number of aliphatic hydroxyl groups is 1. The van der Waals surface area contributed by atoms with Crippen LogP contribution in [0.1, 0.15) is 62.0 Å². The van der Waals surface area contributed by atoms with Crippen LogP contribution >= 0.6 is 29.1 Å². The van der Waals surface area contributed by atoms with Crippen LogP contribution in [-0.4, -0.2) is 291 Å². The van der Waals surface area contributed by atoms with Crippen LogP contribution in [0.4, 0.5) is 23.3 Å². The van der Waals surface area contributed by atoms with E-state index in [1.807, 2.05) is 0 Å². The van der Waals surface area contributed by atoms with Crippen LogP contribution in [0.25, 0.3) is 33.5 Å². The molecule has 5 saturated heterocycles.